The summed E-state index contributed by atoms with van der Waals surface area (Å²) >= 11 is 1.66. The molecule has 0 radical (unpaired) electrons. The van der Waals surface area contributed by atoms with Gasteiger partial charge < -0.3 is 5.32 Å². The molecule has 3 heteroatoms. The zero-order valence-electron chi connectivity index (χ0n) is 9.15. The third-order valence-corrected chi connectivity index (χ3v) is 3.99. The lowest BCUT2D eigenvalue weighted by Gasteiger charge is -2.32. The third kappa shape index (κ3) is 1.84. The summed E-state index contributed by atoms with van der Waals surface area (Å²) < 4.78 is 0. The van der Waals surface area contributed by atoms with Gasteiger partial charge in [-0.15, -0.1) is 0 Å². The molecule has 1 aromatic rings. The zero-order chi connectivity index (χ0) is 10.8. The quantitative estimate of drug-likeness (QED) is 0.717. The lowest BCUT2D eigenvalue weighted by molar-refractivity contribution is -0.663. The van der Waals surface area contributed by atoms with Crippen LogP contribution in [0.3, 0.4) is 0 Å². The van der Waals surface area contributed by atoms with E-state index in [2.05, 4.69) is 45.7 Å². The van der Waals surface area contributed by atoms with E-state index in [1.807, 2.05) is 0 Å². The molecule has 0 bridgehead atoms. The molecule has 0 amide bonds. The van der Waals surface area contributed by atoms with Gasteiger partial charge in [0.15, 0.2) is 0 Å². The van der Waals surface area contributed by atoms with E-state index in [1.54, 1.807) is 11.8 Å². The maximum atomic E-state index is 3.37. The van der Waals surface area contributed by atoms with Crippen LogP contribution in [-0.4, -0.2) is 31.1 Å². The number of thioether (sulfide) groups is 1. The summed E-state index contributed by atoms with van der Waals surface area (Å²) in [5.74, 6) is 3.37. The Bertz CT molecular complexity index is 441. The second-order valence-corrected chi connectivity index (χ2v) is 5.04. The van der Waals surface area contributed by atoms with Gasteiger partial charge in [-0.3, -0.25) is 4.90 Å². The molecule has 0 saturated carbocycles. The molecular weight excluding hydrogens is 216 g/mol. The van der Waals surface area contributed by atoms with E-state index in [-0.39, 0.29) is 0 Å². The molecule has 0 aliphatic carbocycles. The van der Waals surface area contributed by atoms with Crippen LogP contribution >= 0.6 is 11.8 Å². The summed E-state index contributed by atoms with van der Waals surface area (Å²) in [6, 6.07) is 8.94. The highest BCUT2D eigenvalue weighted by Gasteiger charge is 2.25. The number of nitrogens with two attached hydrogens (primary N) is 1. The zero-order valence-corrected chi connectivity index (χ0v) is 9.96. The first-order chi connectivity index (χ1) is 7.95. The molecule has 2 aliphatic heterocycles. The molecule has 16 heavy (non-hydrogen) atoms. The number of benzene rings is 1. The first-order valence-corrected chi connectivity index (χ1v) is 6.59. The minimum absolute atomic E-state index is 0.325. The van der Waals surface area contributed by atoms with E-state index in [1.165, 1.54) is 23.5 Å². The van der Waals surface area contributed by atoms with E-state index in [4.69, 9.17) is 0 Å². The molecule has 1 unspecified atom stereocenters. The Balaban J connectivity index is 1.91. The molecule has 2 aliphatic rings. The molecule has 2 nitrogen and oxygen atoms in total. The average molecular weight is 231 g/mol. The van der Waals surface area contributed by atoms with Crippen LogP contribution in [0.2, 0.25) is 0 Å². The van der Waals surface area contributed by atoms with Crippen molar-refractivity contribution >= 4 is 11.8 Å². The highest BCUT2D eigenvalue weighted by molar-refractivity contribution is 8.04. The van der Waals surface area contributed by atoms with Crippen molar-refractivity contribution in [3.8, 4) is 11.2 Å². The van der Waals surface area contributed by atoms with Gasteiger partial charge in [-0.1, -0.05) is 24.1 Å². The van der Waals surface area contributed by atoms with Crippen LogP contribution in [0.5, 0.6) is 0 Å². The number of fused-ring (bicyclic) bond motifs is 1. The van der Waals surface area contributed by atoms with Crippen molar-refractivity contribution in [2.75, 3.05) is 26.2 Å². The fourth-order valence-electron chi connectivity index (χ4n) is 2.33. The highest BCUT2D eigenvalue weighted by Crippen LogP contribution is 2.33. The van der Waals surface area contributed by atoms with Crippen LogP contribution in [0.15, 0.2) is 29.2 Å². The predicted molar refractivity (Wildman–Crippen MR) is 66.0 cm³/mol. The Morgan fingerprint density at radius 3 is 2.94 bits per heavy atom. The van der Waals surface area contributed by atoms with Gasteiger partial charge in [-0.25, -0.2) is 0 Å². The van der Waals surface area contributed by atoms with Crippen molar-refractivity contribution in [1.82, 2.24) is 4.90 Å². The number of nitrogens with zero attached hydrogens (tertiary/aromatic N) is 1. The van der Waals surface area contributed by atoms with Gasteiger partial charge in [0.2, 0.25) is 0 Å². The van der Waals surface area contributed by atoms with Gasteiger partial charge in [0.1, 0.15) is 0 Å². The van der Waals surface area contributed by atoms with Gasteiger partial charge >= 0.3 is 0 Å². The summed E-state index contributed by atoms with van der Waals surface area (Å²) in [5, 5.41) is 5.59. The molecule has 1 aromatic carbocycles. The van der Waals surface area contributed by atoms with Gasteiger partial charge in [0.25, 0.3) is 0 Å². The molecule has 1 atom stereocenters. The van der Waals surface area contributed by atoms with Gasteiger partial charge in [-0.05, 0) is 28.6 Å². The lowest BCUT2D eigenvalue weighted by atomic mass is 10.0. The SMILES string of the molecule is C1#CC(N2CC[NH2+]CC2)c2ccccc2S1. The monoisotopic (exact) mass is 231 g/mol. The minimum Gasteiger partial charge on any atom is -0.344 e. The summed E-state index contributed by atoms with van der Waals surface area (Å²) in [6.07, 6.45) is 0. The summed E-state index contributed by atoms with van der Waals surface area (Å²) in [4.78, 5) is 3.84. The number of hydrogen-bond donors (Lipinski definition) is 1. The molecule has 2 N–H and O–H groups in total. The topological polar surface area (TPSA) is 19.9 Å². The maximum Gasteiger partial charge on any atom is 0.0995 e. The van der Waals surface area contributed by atoms with Crippen molar-refractivity contribution in [2.45, 2.75) is 10.9 Å². The predicted octanol–water partition coefficient (Wildman–Crippen LogP) is 0.673. The standard InChI is InChI=1S/C13H14N2S/c1-2-4-13-11(3-1)12(5-10-16-13)15-8-6-14-7-9-15/h1-4,12,14H,6-9H2/p+1. The van der Waals surface area contributed by atoms with E-state index < -0.39 is 0 Å². The molecule has 2 heterocycles. The molecule has 0 aromatic heterocycles. The van der Waals surface area contributed by atoms with Crippen LogP contribution in [0.25, 0.3) is 0 Å². The summed E-state index contributed by atoms with van der Waals surface area (Å²) in [5.41, 5.74) is 1.40. The third-order valence-electron chi connectivity index (χ3n) is 3.18. The van der Waals surface area contributed by atoms with Crippen LogP contribution in [-0.2, 0) is 0 Å². The van der Waals surface area contributed by atoms with Gasteiger partial charge in [-0.2, -0.15) is 0 Å². The molecular formula is C13H15N2S+. The van der Waals surface area contributed by atoms with Gasteiger partial charge in [0.05, 0.1) is 19.1 Å². The van der Waals surface area contributed by atoms with E-state index >= 15 is 0 Å². The molecule has 82 valence electrons. The normalized spacial score (nSPS) is 24.4. The fraction of sp³-hybridized carbons (Fsp3) is 0.385. The van der Waals surface area contributed by atoms with Crippen molar-refractivity contribution in [3.05, 3.63) is 29.8 Å². The van der Waals surface area contributed by atoms with Crippen LogP contribution in [0.1, 0.15) is 11.6 Å². The second kappa shape index (κ2) is 4.50. The Hall–Kier alpha value is -0.950. The number of hydrogen-bond acceptors (Lipinski definition) is 2. The Kier molecular flexibility index (Phi) is 2.88. The summed E-state index contributed by atoms with van der Waals surface area (Å²) in [6.45, 7) is 4.71. The van der Waals surface area contributed by atoms with Crippen LogP contribution in [0.4, 0.5) is 0 Å². The Morgan fingerprint density at radius 1 is 1.25 bits per heavy atom. The number of piperazine rings is 1. The molecule has 1 fully saturated rings. The average Bonchev–Trinajstić information content (AvgIpc) is 2.39. The smallest absolute Gasteiger partial charge is 0.0995 e. The van der Waals surface area contributed by atoms with Crippen LogP contribution < -0.4 is 5.32 Å². The largest absolute Gasteiger partial charge is 0.344 e. The maximum absolute atomic E-state index is 3.37. The van der Waals surface area contributed by atoms with E-state index in [0.717, 1.165) is 13.1 Å². The molecule has 1 saturated heterocycles. The first kappa shape index (κ1) is 10.2. The Morgan fingerprint density at radius 2 is 2.06 bits per heavy atom. The fourth-order valence-corrected chi connectivity index (χ4v) is 3.06. The van der Waals surface area contributed by atoms with Crippen molar-refractivity contribution in [3.63, 3.8) is 0 Å². The minimum atomic E-state index is 0.325. The molecule has 3 rings (SSSR count). The Labute approximate surface area is 100 Å². The van der Waals surface area contributed by atoms with E-state index in [0.29, 0.717) is 6.04 Å². The number of quaternary nitrogens is 1. The van der Waals surface area contributed by atoms with Gasteiger partial charge in [0, 0.05) is 18.0 Å². The highest BCUT2D eigenvalue weighted by atomic mass is 32.2. The molecule has 0 spiro atoms. The van der Waals surface area contributed by atoms with Crippen molar-refractivity contribution in [2.24, 2.45) is 0 Å². The van der Waals surface area contributed by atoms with Crippen molar-refractivity contribution < 1.29 is 5.32 Å². The lowest BCUT2D eigenvalue weighted by Crippen LogP contribution is -2.89. The van der Waals surface area contributed by atoms with Crippen molar-refractivity contribution in [1.29, 1.82) is 0 Å². The van der Waals surface area contributed by atoms with E-state index in [9.17, 15) is 0 Å². The summed E-state index contributed by atoms with van der Waals surface area (Å²) in [7, 11) is 0. The second-order valence-electron chi connectivity index (χ2n) is 4.19. The van der Waals surface area contributed by atoms with Crippen LogP contribution in [0, 0.1) is 11.2 Å². The first-order valence-electron chi connectivity index (χ1n) is 5.77. The number of rotatable bonds is 1.